The van der Waals surface area contributed by atoms with E-state index in [2.05, 4.69) is 15.3 Å². The number of hydrogen-bond acceptors (Lipinski definition) is 5. The number of hydrogen-bond donors (Lipinski definition) is 1. The number of carbonyl (C=O) groups is 1. The summed E-state index contributed by atoms with van der Waals surface area (Å²) in [7, 11) is 3.68. The molecule has 19 heavy (non-hydrogen) atoms. The van der Waals surface area contributed by atoms with Gasteiger partial charge in [0.05, 0.1) is 6.54 Å². The van der Waals surface area contributed by atoms with Gasteiger partial charge in [-0.2, -0.15) is 0 Å². The number of carbonyl (C=O) groups excluding carboxylic acids is 1. The van der Waals surface area contributed by atoms with Crippen LogP contribution in [0, 0.1) is 6.92 Å². The van der Waals surface area contributed by atoms with Gasteiger partial charge in [0.1, 0.15) is 17.5 Å². The molecule has 0 aromatic carbocycles. The Labute approximate surface area is 114 Å². The minimum Gasteiger partial charge on any atom is -0.373 e. The molecule has 0 fully saturated rings. The molecule has 0 bridgehead atoms. The SMILES string of the molecule is CCN(CC)C(=O)CN(C)c1cc(NC)nc(C)n1. The molecule has 0 atom stereocenters. The van der Waals surface area contributed by atoms with E-state index in [4.69, 9.17) is 0 Å². The molecular formula is C13H23N5O. The van der Waals surface area contributed by atoms with Crippen molar-refractivity contribution in [1.82, 2.24) is 14.9 Å². The topological polar surface area (TPSA) is 61.4 Å². The molecule has 1 heterocycles. The molecule has 6 nitrogen and oxygen atoms in total. The Morgan fingerprint density at radius 2 is 1.95 bits per heavy atom. The zero-order valence-corrected chi connectivity index (χ0v) is 12.4. The van der Waals surface area contributed by atoms with Gasteiger partial charge in [0.25, 0.3) is 0 Å². The molecule has 0 radical (unpaired) electrons. The van der Waals surface area contributed by atoms with Crippen molar-refractivity contribution in [3.63, 3.8) is 0 Å². The minimum absolute atomic E-state index is 0.106. The normalized spacial score (nSPS) is 10.2. The zero-order valence-electron chi connectivity index (χ0n) is 12.4. The quantitative estimate of drug-likeness (QED) is 0.835. The highest BCUT2D eigenvalue weighted by Crippen LogP contribution is 2.14. The summed E-state index contributed by atoms with van der Waals surface area (Å²) in [5.41, 5.74) is 0. The van der Waals surface area contributed by atoms with Crippen LogP contribution in [0.15, 0.2) is 6.07 Å². The summed E-state index contributed by atoms with van der Waals surface area (Å²) in [6, 6.07) is 1.84. The lowest BCUT2D eigenvalue weighted by Gasteiger charge is -2.24. The molecule has 0 unspecified atom stereocenters. The van der Waals surface area contributed by atoms with E-state index in [9.17, 15) is 4.79 Å². The number of aryl methyl sites for hydroxylation is 1. The van der Waals surface area contributed by atoms with Gasteiger partial charge in [-0.05, 0) is 20.8 Å². The summed E-state index contributed by atoms with van der Waals surface area (Å²) in [6.45, 7) is 7.58. The molecule has 0 aliphatic carbocycles. The summed E-state index contributed by atoms with van der Waals surface area (Å²) in [5.74, 6) is 2.29. The maximum absolute atomic E-state index is 12.1. The van der Waals surface area contributed by atoms with E-state index in [-0.39, 0.29) is 5.91 Å². The Bertz CT molecular complexity index is 431. The van der Waals surface area contributed by atoms with Gasteiger partial charge in [0, 0.05) is 33.3 Å². The number of amides is 1. The van der Waals surface area contributed by atoms with Crippen LogP contribution in [-0.4, -0.2) is 54.5 Å². The molecule has 0 aliphatic heterocycles. The molecule has 106 valence electrons. The fourth-order valence-electron chi connectivity index (χ4n) is 1.84. The highest BCUT2D eigenvalue weighted by Gasteiger charge is 2.14. The van der Waals surface area contributed by atoms with Gasteiger partial charge in [0.2, 0.25) is 5.91 Å². The second kappa shape index (κ2) is 6.92. The van der Waals surface area contributed by atoms with Crippen LogP contribution in [-0.2, 0) is 4.79 Å². The fourth-order valence-corrected chi connectivity index (χ4v) is 1.84. The molecule has 6 heteroatoms. The number of nitrogens with one attached hydrogen (secondary N) is 1. The summed E-state index contributed by atoms with van der Waals surface area (Å²) in [6.07, 6.45) is 0. The van der Waals surface area contributed by atoms with Gasteiger partial charge in [-0.15, -0.1) is 0 Å². The third-order valence-corrected chi connectivity index (χ3v) is 2.96. The van der Waals surface area contributed by atoms with E-state index in [0.717, 1.165) is 24.7 Å². The van der Waals surface area contributed by atoms with Crippen molar-refractivity contribution in [3.05, 3.63) is 11.9 Å². The first kappa shape index (κ1) is 15.2. The Kier molecular flexibility index (Phi) is 5.54. The van der Waals surface area contributed by atoms with Crippen molar-refractivity contribution in [3.8, 4) is 0 Å². The molecular weight excluding hydrogens is 242 g/mol. The number of nitrogens with zero attached hydrogens (tertiary/aromatic N) is 4. The lowest BCUT2D eigenvalue weighted by atomic mass is 10.4. The predicted molar refractivity (Wildman–Crippen MR) is 77.5 cm³/mol. The molecule has 0 saturated heterocycles. The first-order chi connectivity index (χ1) is 9.01. The predicted octanol–water partition coefficient (Wildman–Crippen LogP) is 1.13. The van der Waals surface area contributed by atoms with E-state index in [1.54, 1.807) is 0 Å². The molecule has 1 rings (SSSR count). The van der Waals surface area contributed by atoms with Gasteiger partial charge >= 0.3 is 0 Å². The van der Waals surface area contributed by atoms with Crippen LogP contribution in [0.2, 0.25) is 0 Å². The van der Waals surface area contributed by atoms with Gasteiger partial charge in [-0.3, -0.25) is 4.79 Å². The number of rotatable bonds is 6. The van der Waals surface area contributed by atoms with E-state index in [1.165, 1.54) is 0 Å². The second-order valence-corrected chi connectivity index (χ2v) is 4.33. The molecule has 0 aliphatic rings. The van der Waals surface area contributed by atoms with E-state index in [1.807, 2.05) is 50.7 Å². The van der Waals surface area contributed by atoms with Crippen LogP contribution in [0.5, 0.6) is 0 Å². The first-order valence-electron chi connectivity index (χ1n) is 6.54. The van der Waals surface area contributed by atoms with Crippen molar-refractivity contribution in [2.24, 2.45) is 0 Å². The Hall–Kier alpha value is -1.85. The Morgan fingerprint density at radius 3 is 2.47 bits per heavy atom. The van der Waals surface area contributed by atoms with Gasteiger partial charge in [-0.25, -0.2) is 9.97 Å². The summed E-state index contributed by atoms with van der Waals surface area (Å²) < 4.78 is 0. The number of likely N-dealkylation sites (N-methyl/N-ethyl adjacent to an activating group) is 2. The third-order valence-electron chi connectivity index (χ3n) is 2.96. The lowest BCUT2D eigenvalue weighted by Crippen LogP contribution is -2.39. The average Bonchev–Trinajstić information content (AvgIpc) is 2.39. The maximum Gasteiger partial charge on any atom is 0.242 e. The Balaban J connectivity index is 2.80. The van der Waals surface area contributed by atoms with Crippen molar-refractivity contribution in [2.45, 2.75) is 20.8 Å². The molecule has 0 spiro atoms. The fraction of sp³-hybridized carbons (Fsp3) is 0.615. The van der Waals surface area contributed by atoms with Crippen LogP contribution in [0.4, 0.5) is 11.6 Å². The summed E-state index contributed by atoms with van der Waals surface area (Å²) in [5, 5.41) is 2.99. The van der Waals surface area contributed by atoms with Crippen LogP contribution in [0.25, 0.3) is 0 Å². The van der Waals surface area contributed by atoms with Crippen molar-refractivity contribution in [1.29, 1.82) is 0 Å². The Morgan fingerprint density at radius 1 is 1.32 bits per heavy atom. The van der Waals surface area contributed by atoms with Gasteiger partial charge in [-0.1, -0.05) is 0 Å². The molecule has 0 saturated carbocycles. The van der Waals surface area contributed by atoms with Crippen molar-refractivity contribution in [2.75, 3.05) is 43.9 Å². The molecule has 1 N–H and O–H groups in total. The van der Waals surface area contributed by atoms with E-state index in [0.29, 0.717) is 12.4 Å². The third kappa shape index (κ3) is 4.08. The van der Waals surface area contributed by atoms with Crippen LogP contribution >= 0.6 is 0 Å². The van der Waals surface area contributed by atoms with Gasteiger partial charge in [0.15, 0.2) is 0 Å². The van der Waals surface area contributed by atoms with Crippen molar-refractivity contribution >= 4 is 17.5 Å². The summed E-state index contributed by atoms with van der Waals surface area (Å²) in [4.78, 5) is 24.3. The van der Waals surface area contributed by atoms with Crippen LogP contribution in [0.3, 0.4) is 0 Å². The average molecular weight is 265 g/mol. The highest BCUT2D eigenvalue weighted by atomic mass is 16.2. The van der Waals surface area contributed by atoms with E-state index >= 15 is 0 Å². The molecule has 1 aromatic heterocycles. The molecule has 1 amide bonds. The standard InChI is InChI=1S/C13H23N5O/c1-6-18(7-2)13(19)9-17(5)12-8-11(14-4)15-10(3)16-12/h8H,6-7,9H2,1-5H3,(H,14,15,16). The van der Waals surface area contributed by atoms with Crippen LogP contribution < -0.4 is 10.2 Å². The maximum atomic E-state index is 12.1. The van der Waals surface area contributed by atoms with Crippen molar-refractivity contribution < 1.29 is 4.79 Å². The number of anilines is 2. The first-order valence-corrected chi connectivity index (χ1v) is 6.54. The number of aromatic nitrogens is 2. The smallest absolute Gasteiger partial charge is 0.242 e. The largest absolute Gasteiger partial charge is 0.373 e. The highest BCUT2D eigenvalue weighted by molar-refractivity contribution is 5.81. The van der Waals surface area contributed by atoms with Crippen LogP contribution in [0.1, 0.15) is 19.7 Å². The van der Waals surface area contributed by atoms with E-state index < -0.39 is 0 Å². The monoisotopic (exact) mass is 265 g/mol. The lowest BCUT2D eigenvalue weighted by molar-refractivity contribution is -0.129. The second-order valence-electron chi connectivity index (χ2n) is 4.33. The summed E-state index contributed by atoms with van der Waals surface area (Å²) >= 11 is 0. The van der Waals surface area contributed by atoms with Gasteiger partial charge < -0.3 is 15.1 Å². The zero-order chi connectivity index (χ0) is 14.4. The minimum atomic E-state index is 0.106. The molecule has 1 aromatic rings.